The van der Waals surface area contributed by atoms with Crippen LogP contribution in [0.4, 0.5) is 11.4 Å². The van der Waals surface area contributed by atoms with Gasteiger partial charge in [-0.25, -0.2) is 4.98 Å². The average Bonchev–Trinajstić information content (AvgIpc) is 3.08. The number of anilines is 1. The third-order valence-electron chi connectivity index (χ3n) is 4.44. The van der Waals surface area contributed by atoms with E-state index in [0.717, 1.165) is 11.0 Å². The van der Waals surface area contributed by atoms with Gasteiger partial charge in [0.05, 0.1) is 16.0 Å². The van der Waals surface area contributed by atoms with Crippen molar-refractivity contribution < 1.29 is 14.8 Å². The van der Waals surface area contributed by atoms with Crippen LogP contribution in [0.3, 0.4) is 0 Å². The number of amides is 1. The summed E-state index contributed by atoms with van der Waals surface area (Å²) in [6.45, 7) is 0.00765. The number of aromatic hydroxyl groups is 1. The molecule has 4 rings (SSSR count). The number of phenolic OH excluding ortho intramolecular Hbond substituents is 1. The lowest BCUT2D eigenvalue weighted by Crippen LogP contribution is -2.19. The normalized spacial score (nSPS) is 10.8. The molecule has 3 aromatic carbocycles. The molecule has 29 heavy (non-hydrogen) atoms. The van der Waals surface area contributed by atoms with E-state index in [2.05, 4.69) is 10.3 Å². The van der Waals surface area contributed by atoms with E-state index in [0.29, 0.717) is 17.1 Å². The maximum absolute atomic E-state index is 12.6. The smallest absolute Gasteiger partial charge is 0.269 e. The predicted octanol–water partition coefficient (Wildman–Crippen LogP) is 3.96. The summed E-state index contributed by atoms with van der Waals surface area (Å²) in [6, 6.07) is 19.7. The fourth-order valence-electron chi connectivity index (χ4n) is 3.08. The number of nitrogens with zero attached hydrogens (tertiary/aromatic N) is 3. The minimum atomic E-state index is -0.460. The first-order valence-electron chi connectivity index (χ1n) is 8.80. The second kappa shape index (κ2) is 7.43. The van der Waals surface area contributed by atoms with Crippen molar-refractivity contribution in [3.8, 4) is 17.1 Å². The van der Waals surface area contributed by atoms with Crippen LogP contribution in [-0.2, 0) is 11.3 Å². The molecule has 0 aliphatic heterocycles. The second-order valence-electron chi connectivity index (χ2n) is 6.41. The zero-order chi connectivity index (χ0) is 20.4. The van der Waals surface area contributed by atoms with Crippen LogP contribution in [0.1, 0.15) is 0 Å². The number of para-hydroxylation sites is 2. The van der Waals surface area contributed by atoms with Crippen molar-refractivity contribution in [3.63, 3.8) is 0 Å². The molecule has 0 spiro atoms. The molecule has 0 fully saturated rings. The maximum Gasteiger partial charge on any atom is 0.269 e. The summed E-state index contributed by atoms with van der Waals surface area (Å²) in [5.74, 6) is 0.396. The SMILES string of the molecule is O=C(Cn1c(-c2ccc([N+](=O)[O-])cc2)nc2ccccc21)Nc1ccc(O)cc1. The molecule has 8 heteroatoms. The van der Waals surface area contributed by atoms with Gasteiger partial charge < -0.3 is 15.0 Å². The number of nitrogens with one attached hydrogen (secondary N) is 1. The van der Waals surface area contributed by atoms with Crippen molar-refractivity contribution in [3.05, 3.63) is 82.9 Å². The van der Waals surface area contributed by atoms with E-state index in [9.17, 15) is 20.0 Å². The lowest BCUT2D eigenvalue weighted by atomic mass is 10.2. The Balaban J connectivity index is 1.68. The molecule has 1 aromatic heterocycles. The summed E-state index contributed by atoms with van der Waals surface area (Å²) in [5, 5.41) is 23.1. The molecule has 0 aliphatic carbocycles. The van der Waals surface area contributed by atoms with Crippen molar-refractivity contribution in [2.75, 3.05) is 5.32 Å². The predicted molar refractivity (Wildman–Crippen MR) is 109 cm³/mol. The third-order valence-corrected chi connectivity index (χ3v) is 4.44. The molecule has 0 saturated carbocycles. The minimum Gasteiger partial charge on any atom is -0.508 e. The Bertz CT molecular complexity index is 1200. The molecule has 0 bridgehead atoms. The standard InChI is InChI=1S/C21H16N4O4/c26-17-11-7-15(8-12-17)22-20(27)13-24-19-4-2-1-3-18(19)23-21(24)14-5-9-16(10-6-14)25(28)29/h1-12,26H,13H2,(H,22,27). The molecular weight excluding hydrogens is 372 g/mol. The van der Waals surface area contributed by atoms with Crippen LogP contribution in [0.15, 0.2) is 72.8 Å². The fourth-order valence-corrected chi connectivity index (χ4v) is 3.08. The van der Waals surface area contributed by atoms with Crippen molar-refractivity contribution >= 4 is 28.3 Å². The highest BCUT2D eigenvalue weighted by atomic mass is 16.6. The fraction of sp³-hybridized carbons (Fsp3) is 0.0476. The number of hydrogen-bond acceptors (Lipinski definition) is 5. The van der Waals surface area contributed by atoms with E-state index in [1.165, 1.54) is 24.3 Å². The Morgan fingerprint density at radius 3 is 2.41 bits per heavy atom. The molecule has 1 heterocycles. The van der Waals surface area contributed by atoms with Crippen LogP contribution in [0.5, 0.6) is 5.75 Å². The molecule has 4 aromatic rings. The van der Waals surface area contributed by atoms with Gasteiger partial charge in [-0.1, -0.05) is 12.1 Å². The summed E-state index contributed by atoms with van der Waals surface area (Å²) in [4.78, 5) is 27.7. The number of carbonyl (C=O) groups excluding carboxylic acids is 1. The summed E-state index contributed by atoms with van der Waals surface area (Å²) in [6.07, 6.45) is 0. The molecule has 1 amide bonds. The monoisotopic (exact) mass is 388 g/mol. The van der Waals surface area contributed by atoms with Crippen molar-refractivity contribution in [1.29, 1.82) is 0 Å². The summed E-state index contributed by atoms with van der Waals surface area (Å²) < 4.78 is 1.77. The number of fused-ring (bicyclic) bond motifs is 1. The Labute approximate surface area is 165 Å². The van der Waals surface area contributed by atoms with Crippen LogP contribution in [-0.4, -0.2) is 25.5 Å². The van der Waals surface area contributed by atoms with E-state index in [1.54, 1.807) is 28.8 Å². The molecule has 0 radical (unpaired) electrons. The Kier molecular flexibility index (Phi) is 4.66. The Morgan fingerprint density at radius 1 is 1.03 bits per heavy atom. The van der Waals surface area contributed by atoms with Gasteiger partial charge in [-0.2, -0.15) is 0 Å². The summed E-state index contributed by atoms with van der Waals surface area (Å²) in [5.41, 5.74) is 2.72. The van der Waals surface area contributed by atoms with E-state index in [-0.39, 0.29) is 23.9 Å². The van der Waals surface area contributed by atoms with Crippen molar-refractivity contribution in [1.82, 2.24) is 9.55 Å². The number of carbonyl (C=O) groups is 1. The highest BCUT2D eigenvalue weighted by molar-refractivity contribution is 5.92. The number of hydrogen-bond donors (Lipinski definition) is 2. The van der Waals surface area contributed by atoms with Gasteiger partial charge in [0, 0.05) is 23.4 Å². The zero-order valence-electron chi connectivity index (χ0n) is 15.1. The number of non-ortho nitro benzene ring substituents is 1. The maximum atomic E-state index is 12.6. The van der Waals surface area contributed by atoms with E-state index in [4.69, 9.17) is 0 Å². The minimum absolute atomic E-state index is 0.00765. The summed E-state index contributed by atoms with van der Waals surface area (Å²) >= 11 is 0. The van der Waals surface area contributed by atoms with Gasteiger partial charge in [-0.15, -0.1) is 0 Å². The number of nitro benzene ring substituents is 1. The van der Waals surface area contributed by atoms with Gasteiger partial charge >= 0.3 is 0 Å². The third kappa shape index (κ3) is 3.77. The molecule has 0 aliphatic rings. The second-order valence-corrected chi connectivity index (χ2v) is 6.41. The largest absolute Gasteiger partial charge is 0.508 e. The number of benzene rings is 3. The molecule has 0 saturated heterocycles. The van der Waals surface area contributed by atoms with Crippen molar-refractivity contribution in [2.24, 2.45) is 0 Å². The lowest BCUT2D eigenvalue weighted by Gasteiger charge is -2.10. The Morgan fingerprint density at radius 2 is 1.72 bits per heavy atom. The molecule has 0 atom stereocenters. The molecule has 144 valence electrons. The highest BCUT2D eigenvalue weighted by Crippen LogP contribution is 2.26. The summed E-state index contributed by atoms with van der Waals surface area (Å²) in [7, 11) is 0. The number of imidazole rings is 1. The first-order valence-corrected chi connectivity index (χ1v) is 8.80. The van der Waals surface area contributed by atoms with Crippen LogP contribution >= 0.6 is 0 Å². The molecule has 2 N–H and O–H groups in total. The van der Waals surface area contributed by atoms with Crippen LogP contribution in [0, 0.1) is 10.1 Å². The quantitative estimate of drug-likeness (QED) is 0.305. The first kappa shape index (κ1) is 18.2. The van der Waals surface area contributed by atoms with Gasteiger partial charge in [0.1, 0.15) is 18.1 Å². The van der Waals surface area contributed by atoms with E-state index < -0.39 is 4.92 Å². The molecule has 8 nitrogen and oxygen atoms in total. The van der Waals surface area contributed by atoms with Crippen LogP contribution in [0.2, 0.25) is 0 Å². The van der Waals surface area contributed by atoms with Gasteiger partial charge in [0.2, 0.25) is 5.91 Å². The zero-order valence-corrected chi connectivity index (χ0v) is 15.1. The lowest BCUT2D eigenvalue weighted by molar-refractivity contribution is -0.384. The van der Waals surface area contributed by atoms with Crippen LogP contribution in [0.25, 0.3) is 22.4 Å². The number of rotatable bonds is 5. The van der Waals surface area contributed by atoms with Gasteiger partial charge in [-0.05, 0) is 48.5 Å². The molecular formula is C21H16N4O4. The van der Waals surface area contributed by atoms with Gasteiger partial charge in [0.25, 0.3) is 5.69 Å². The first-order chi connectivity index (χ1) is 14.0. The van der Waals surface area contributed by atoms with Gasteiger partial charge in [-0.3, -0.25) is 14.9 Å². The Hall–Kier alpha value is -4.20. The van der Waals surface area contributed by atoms with Gasteiger partial charge in [0.15, 0.2) is 0 Å². The van der Waals surface area contributed by atoms with Crippen LogP contribution < -0.4 is 5.32 Å². The number of aromatic nitrogens is 2. The number of nitro groups is 1. The molecule has 0 unspecified atom stereocenters. The number of phenols is 1. The topological polar surface area (TPSA) is 110 Å². The van der Waals surface area contributed by atoms with E-state index in [1.807, 2.05) is 24.3 Å². The highest BCUT2D eigenvalue weighted by Gasteiger charge is 2.16. The van der Waals surface area contributed by atoms with Crippen molar-refractivity contribution in [2.45, 2.75) is 6.54 Å². The van der Waals surface area contributed by atoms with E-state index >= 15 is 0 Å². The average molecular weight is 388 g/mol.